The molecule has 0 radical (unpaired) electrons. The number of carbonyl (C=O) groups is 1. The first kappa shape index (κ1) is 20.9. The van der Waals surface area contributed by atoms with Crippen LogP contribution in [0.1, 0.15) is 29.5 Å². The van der Waals surface area contributed by atoms with Crippen LogP contribution in [0.4, 0.5) is 4.79 Å². The van der Waals surface area contributed by atoms with Gasteiger partial charge in [-0.1, -0.05) is 36.4 Å². The maximum absolute atomic E-state index is 13.5. The summed E-state index contributed by atoms with van der Waals surface area (Å²) in [5.74, 6) is 1.16. The van der Waals surface area contributed by atoms with Crippen LogP contribution in [0.3, 0.4) is 0 Å². The number of fused-ring (bicyclic) bond motifs is 4. The number of nitrogens with zero attached hydrogens (tertiary/aromatic N) is 3. The van der Waals surface area contributed by atoms with E-state index in [9.17, 15) is 4.79 Å². The van der Waals surface area contributed by atoms with Crippen molar-refractivity contribution in [3.05, 3.63) is 65.2 Å². The van der Waals surface area contributed by atoms with Crippen molar-refractivity contribution in [1.82, 2.24) is 30.9 Å². The van der Waals surface area contributed by atoms with Crippen LogP contribution in [-0.2, 0) is 19.6 Å². The zero-order valence-corrected chi connectivity index (χ0v) is 19.0. The molecule has 2 amide bonds. The van der Waals surface area contributed by atoms with Gasteiger partial charge in [0.25, 0.3) is 0 Å². The third-order valence-corrected chi connectivity index (χ3v) is 7.59. The van der Waals surface area contributed by atoms with Crippen molar-refractivity contribution in [2.45, 2.75) is 50.8 Å². The summed E-state index contributed by atoms with van der Waals surface area (Å²) in [7, 11) is 1.67. The number of nitrogens with one attached hydrogen (secondary N) is 3. The average molecular weight is 449 g/mol. The van der Waals surface area contributed by atoms with Gasteiger partial charge < -0.3 is 9.64 Å². The number of methoxy groups -OCH3 is 1. The van der Waals surface area contributed by atoms with Crippen LogP contribution >= 0.6 is 0 Å². The smallest absolute Gasteiger partial charge is 0.337 e. The van der Waals surface area contributed by atoms with Crippen molar-refractivity contribution in [2.24, 2.45) is 5.92 Å². The molecule has 4 atom stereocenters. The molecule has 8 heteroatoms. The number of ether oxygens (including phenoxy) is 1. The fourth-order valence-corrected chi connectivity index (χ4v) is 5.95. The van der Waals surface area contributed by atoms with Gasteiger partial charge >= 0.3 is 6.03 Å². The second-order valence-corrected chi connectivity index (χ2v) is 9.60. The highest BCUT2D eigenvalue weighted by molar-refractivity contribution is 5.76. The minimum absolute atomic E-state index is 0.0111. The molecule has 174 valence electrons. The van der Waals surface area contributed by atoms with E-state index in [4.69, 9.17) is 4.74 Å². The summed E-state index contributed by atoms with van der Waals surface area (Å²) in [6, 6.07) is 17.2. The lowest BCUT2D eigenvalue weighted by Gasteiger charge is -2.52. The highest BCUT2D eigenvalue weighted by Gasteiger charge is 2.50. The standard InChI is InChI=1S/C25H32N6O2/c1-33-21-9-6-17(7-10-21)12-30-24-22(23-26-16-27-31(23)25(30)32)11-8-20(28-24)15-29-13-18-4-2-3-5-19(18)14-29/h2-7,9-10,20,22-24,26-28H,8,11-16H2,1H3. The summed E-state index contributed by atoms with van der Waals surface area (Å²) in [6.45, 7) is 4.23. The average Bonchev–Trinajstić information content (AvgIpc) is 3.49. The van der Waals surface area contributed by atoms with Crippen molar-refractivity contribution < 1.29 is 9.53 Å². The summed E-state index contributed by atoms with van der Waals surface area (Å²) < 4.78 is 5.30. The predicted octanol–water partition coefficient (Wildman–Crippen LogP) is 2.03. The summed E-state index contributed by atoms with van der Waals surface area (Å²) in [6.07, 6.45) is 2.26. The molecule has 3 fully saturated rings. The summed E-state index contributed by atoms with van der Waals surface area (Å²) in [5.41, 5.74) is 7.22. The van der Waals surface area contributed by atoms with E-state index >= 15 is 0 Å². The molecule has 3 N–H and O–H groups in total. The van der Waals surface area contributed by atoms with E-state index in [1.165, 1.54) is 11.1 Å². The van der Waals surface area contributed by atoms with Crippen molar-refractivity contribution in [3.63, 3.8) is 0 Å². The molecule has 3 saturated heterocycles. The normalized spacial score (nSPS) is 29.1. The van der Waals surface area contributed by atoms with Gasteiger partial charge in [-0.15, -0.1) is 0 Å². The molecule has 2 aromatic rings. The molecule has 0 aliphatic carbocycles. The topological polar surface area (TPSA) is 72.1 Å². The number of amides is 2. The van der Waals surface area contributed by atoms with Gasteiger partial charge in [-0.05, 0) is 41.7 Å². The Bertz CT molecular complexity index is 989. The van der Waals surface area contributed by atoms with E-state index in [1.807, 2.05) is 29.2 Å². The summed E-state index contributed by atoms with van der Waals surface area (Å²) in [4.78, 5) is 18.0. The van der Waals surface area contributed by atoms with Crippen LogP contribution in [0.15, 0.2) is 48.5 Å². The highest BCUT2D eigenvalue weighted by Crippen LogP contribution is 2.35. The van der Waals surface area contributed by atoms with E-state index in [1.54, 1.807) is 12.1 Å². The zero-order valence-electron chi connectivity index (χ0n) is 19.0. The Balaban J connectivity index is 1.19. The Morgan fingerprint density at radius 3 is 2.48 bits per heavy atom. The first-order valence-electron chi connectivity index (χ1n) is 11.9. The molecule has 4 unspecified atom stereocenters. The molecular formula is C25H32N6O2. The van der Waals surface area contributed by atoms with Crippen LogP contribution < -0.4 is 20.8 Å². The molecule has 6 rings (SSSR count). The Morgan fingerprint density at radius 2 is 1.76 bits per heavy atom. The van der Waals surface area contributed by atoms with Gasteiger partial charge in [0.1, 0.15) is 11.9 Å². The third kappa shape index (κ3) is 3.87. The van der Waals surface area contributed by atoms with E-state index in [0.717, 1.165) is 43.8 Å². The van der Waals surface area contributed by atoms with Gasteiger partial charge in [0.15, 0.2) is 0 Å². The minimum atomic E-state index is 0.0111. The fourth-order valence-electron chi connectivity index (χ4n) is 5.95. The molecule has 0 bridgehead atoms. The van der Waals surface area contributed by atoms with Gasteiger partial charge in [0.05, 0.1) is 19.9 Å². The monoisotopic (exact) mass is 448 g/mol. The molecule has 0 saturated carbocycles. The number of hydrogen-bond acceptors (Lipinski definition) is 6. The van der Waals surface area contributed by atoms with E-state index in [2.05, 4.69) is 45.2 Å². The van der Waals surface area contributed by atoms with Crippen LogP contribution in [0.25, 0.3) is 0 Å². The molecule has 0 spiro atoms. The minimum Gasteiger partial charge on any atom is -0.497 e. The van der Waals surface area contributed by atoms with Crippen molar-refractivity contribution in [2.75, 3.05) is 20.3 Å². The highest BCUT2D eigenvalue weighted by atomic mass is 16.5. The lowest BCUT2D eigenvalue weighted by molar-refractivity contribution is -0.0255. The van der Waals surface area contributed by atoms with Gasteiger partial charge in [0.2, 0.25) is 0 Å². The van der Waals surface area contributed by atoms with Crippen LogP contribution in [0.2, 0.25) is 0 Å². The maximum atomic E-state index is 13.5. The van der Waals surface area contributed by atoms with E-state index < -0.39 is 0 Å². The van der Waals surface area contributed by atoms with E-state index in [0.29, 0.717) is 25.2 Å². The van der Waals surface area contributed by atoms with Crippen molar-refractivity contribution >= 4 is 6.03 Å². The van der Waals surface area contributed by atoms with Crippen molar-refractivity contribution in [1.29, 1.82) is 0 Å². The number of urea groups is 1. The molecule has 0 aromatic heterocycles. The molecule has 33 heavy (non-hydrogen) atoms. The Kier molecular flexibility index (Phi) is 5.46. The second kappa shape index (κ2) is 8.61. The first-order chi connectivity index (χ1) is 16.2. The zero-order chi connectivity index (χ0) is 22.4. The molecule has 4 heterocycles. The number of rotatable bonds is 5. The van der Waals surface area contributed by atoms with Crippen LogP contribution in [0, 0.1) is 5.92 Å². The first-order valence-corrected chi connectivity index (χ1v) is 11.9. The Morgan fingerprint density at radius 1 is 1.00 bits per heavy atom. The molecule has 4 aliphatic heterocycles. The van der Waals surface area contributed by atoms with Gasteiger partial charge in [0, 0.05) is 38.1 Å². The number of hydrazine groups is 1. The molecule has 2 aromatic carbocycles. The molecule has 4 aliphatic rings. The third-order valence-electron chi connectivity index (χ3n) is 7.59. The van der Waals surface area contributed by atoms with E-state index in [-0.39, 0.29) is 18.4 Å². The Hall–Kier alpha value is -2.65. The van der Waals surface area contributed by atoms with Crippen LogP contribution in [0.5, 0.6) is 5.75 Å². The van der Waals surface area contributed by atoms with Crippen LogP contribution in [-0.4, -0.2) is 59.5 Å². The summed E-state index contributed by atoms with van der Waals surface area (Å²) >= 11 is 0. The summed E-state index contributed by atoms with van der Waals surface area (Å²) in [5, 5.41) is 9.17. The fraction of sp³-hybridized carbons (Fsp3) is 0.480. The second-order valence-electron chi connectivity index (χ2n) is 9.60. The molecule has 8 nitrogen and oxygen atoms in total. The number of benzene rings is 2. The quantitative estimate of drug-likeness (QED) is 0.650. The number of hydrogen-bond donors (Lipinski definition) is 3. The Labute approximate surface area is 194 Å². The molecular weight excluding hydrogens is 416 g/mol. The SMILES string of the molecule is COc1ccc(CN2C(=O)N3NCNC3C3CCC(CN4Cc5ccccc5C4)NC32)cc1. The van der Waals surface area contributed by atoms with Gasteiger partial charge in [-0.3, -0.25) is 15.5 Å². The lowest BCUT2D eigenvalue weighted by Crippen LogP contribution is -2.71. The maximum Gasteiger partial charge on any atom is 0.337 e. The lowest BCUT2D eigenvalue weighted by atomic mass is 9.86. The number of piperidine rings is 1. The largest absolute Gasteiger partial charge is 0.497 e. The van der Waals surface area contributed by atoms with Gasteiger partial charge in [-0.25, -0.2) is 15.2 Å². The van der Waals surface area contributed by atoms with Gasteiger partial charge in [-0.2, -0.15) is 0 Å². The predicted molar refractivity (Wildman–Crippen MR) is 125 cm³/mol. The van der Waals surface area contributed by atoms with Crippen molar-refractivity contribution in [3.8, 4) is 5.75 Å². The number of carbonyl (C=O) groups excluding carboxylic acids is 1.